The van der Waals surface area contributed by atoms with Gasteiger partial charge in [0.2, 0.25) is 0 Å². The minimum atomic E-state index is -0.819. The van der Waals surface area contributed by atoms with Gasteiger partial charge in [0.05, 0.1) is 0 Å². The Morgan fingerprint density at radius 3 is 2.82 bits per heavy atom. The van der Waals surface area contributed by atoms with Gasteiger partial charge in [0.15, 0.2) is 0 Å². The van der Waals surface area contributed by atoms with Crippen LogP contribution in [0.4, 0.5) is 0 Å². The van der Waals surface area contributed by atoms with E-state index in [2.05, 4.69) is 0 Å². The molecule has 1 aromatic rings. The Morgan fingerprint density at radius 2 is 2.18 bits per heavy atom. The normalized spacial score (nSPS) is 20.6. The summed E-state index contributed by atoms with van der Waals surface area (Å²) in [6.07, 6.45) is 1.50. The van der Waals surface area contributed by atoms with Crippen LogP contribution in [0.2, 0.25) is 0 Å². The molecule has 0 aliphatic carbocycles. The molecule has 5 nitrogen and oxygen atoms in total. The number of likely N-dealkylation sites (tertiary alicyclic amines) is 1. The van der Waals surface area contributed by atoms with Crippen molar-refractivity contribution >= 4 is 5.97 Å². The predicted molar refractivity (Wildman–Crippen MR) is 60.8 cm³/mol. The lowest BCUT2D eigenvalue weighted by atomic mass is 10.1. The molecule has 1 atom stereocenters. The van der Waals surface area contributed by atoms with Crippen LogP contribution in [0.25, 0.3) is 0 Å². The van der Waals surface area contributed by atoms with Gasteiger partial charge in [0.25, 0.3) is 0 Å². The third kappa shape index (κ3) is 2.50. The first-order valence-corrected chi connectivity index (χ1v) is 5.55. The highest BCUT2D eigenvalue weighted by molar-refractivity contribution is 5.73. The second-order valence-corrected chi connectivity index (χ2v) is 4.28. The molecular formula is C12H15NO4. The Bertz CT molecular complexity index is 433. The Morgan fingerprint density at radius 1 is 1.41 bits per heavy atom. The third-order valence-corrected chi connectivity index (χ3v) is 3.09. The summed E-state index contributed by atoms with van der Waals surface area (Å²) < 4.78 is 0. The van der Waals surface area contributed by atoms with Gasteiger partial charge in [-0.25, -0.2) is 0 Å². The molecule has 0 bridgehead atoms. The number of benzene rings is 1. The molecule has 92 valence electrons. The molecule has 1 saturated heterocycles. The Kier molecular flexibility index (Phi) is 3.19. The molecule has 0 spiro atoms. The van der Waals surface area contributed by atoms with Crippen molar-refractivity contribution in [3.05, 3.63) is 23.8 Å². The number of aromatic hydroxyl groups is 2. The predicted octanol–water partition coefficient (Wildman–Crippen LogP) is 1.15. The van der Waals surface area contributed by atoms with E-state index in [0.29, 0.717) is 18.5 Å². The minimum absolute atomic E-state index is 0.000962. The minimum Gasteiger partial charge on any atom is -0.508 e. The molecule has 0 amide bonds. The number of phenols is 2. The second kappa shape index (κ2) is 4.63. The highest BCUT2D eigenvalue weighted by Crippen LogP contribution is 2.27. The van der Waals surface area contributed by atoms with Gasteiger partial charge in [-0.2, -0.15) is 0 Å². The number of carboxylic acid groups (broad SMARTS) is 1. The van der Waals surface area contributed by atoms with Crippen LogP contribution in [0, 0.1) is 0 Å². The van der Waals surface area contributed by atoms with Crippen molar-refractivity contribution in [2.24, 2.45) is 0 Å². The monoisotopic (exact) mass is 237 g/mol. The molecule has 5 heteroatoms. The first-order chi connectivity index (χ1) is 8.08. The summed E-state index contributed by atoms with van der Waals surface area (Å²) in [5.41, 5.74) is 0.635. The molecule has 1 fully saturated rings. The Balaban J connectivity index is 2.12. The summed E-state index contributed by atoms with van der Waals surface area (Å²) in [6.45, 7) is 1.11. The SMILES string of the molecule is O=C(O)C1CCCN1Cc1ccc(O)cc1O. The van der Waals surface area contributed by atoms with Gasteiger partial charge < -0.3 is 15.3 Å². The van der Waals surface area contributed by atoms with Crippen LogP contribution >= 0.6 is 0 Å². The molecular weight excluding hydrogens is 222 g/mol. The number of phenolic OH excluding ortho intramolecular Hbond substituents is 2. The fourth-order valence-electron chi connectivity index (χ4n) is 2.20. The zero-order chi connectivity index (χ0) is 12.4. The number of nitrogens with zero attached hydrogens (tertiary/aromatic N) is 1. The maximum absolute atomic E-state index is 11.0. The number of hydrogen-bond donors (Lipinski definition) is 3. The fraction of sp³-hybridized carbons (Fsp3) is 0.417. The summed E-state index contributed by atoms with van der Waals surface area (Å²) in [6, 6.07) is 3.90. The number of hydrogen-bond acceptors (Lipinski definition) is 4. The van der Waals surface area contributed by atoms with Crippen molar-refractivity contribution < 1.29 is 20.1 Å². The van der Waals surface area contributed by atoms with Crippen molar-refractivity contribution in [3.63, 3.8) is 0 Å². The first-order valence-electron chi connectivity index (χ1n) is 5.55. The van der Waals surface area contributed by atoms with Gasteiger partial charge >= 0.3 is 5.97 Å². The van der Waals surface area contributed by atoms with Gasteiger partial charge in [-0.1, -0.05) is 6.07 Å². The molecule has 0 radical (unpaired) electrons. The third-order valence-electron chi connectivity index (χ3n) is 3.09. The highest BCUT2D eigenvalue weighted by atomic mass is 16.4. The largest absolute Gasteiger partial charge is 0.508 e. The van der Waals surface area contributed by atoms with Crippen LogP contribution in [0.5, 0.6) is 11.5 Å². The molecule has 1 heterocycles. The van der Waals surface area contributed by atoms with Crippen LogP contribution in [0.3, 0.4) is 0 Å². The van der Waals surface area contributed by atoms with Crippen molar-refractivity contribution in [1.82, 2.24) is 4.90 Å². The average molecular weight is 237 g/mol. The summed E-state index contributed by atoms with van der Waals surface area (Å²) in [4.78, 5) is 12.8. The van der Waals surface area contributed by atoms with E-state index in [1.165, 1.54) is 12.1 Å². The van der Waals surface area contributed by atoms with Gasteiger partial charge in [0.1, 0.15) is 17.5 Å². The second-order valence-electron chi connectivity index (χ2n) is 4.28. The van der Waals surface area contributed by atoms with Gasteiger partial charge in [0, 0.05) is 18.2 Å². The summed E-state index contributed by atoms with van der Waals surface area (Å²) in [5.74, 6) is -0.815. The van der Waals surface area contributed by atoms with Gasteiger partial charge in [-0.3, -0.25) is 9.69 Å². The molecule has 2 rings (SSSR count). The average Bonchev–Trinajstić information content (AvgIpc) is 2.70. The lowest BCUT2D eigenvalue weighted by Gasteiger charge is -2.21. The van der Waals surface area contributed by atoms with Crippen LogP contribution in [-0.2, 0) is 11.3 Å². The Hall–Kier alpha value is -1.75. The summed E-state index contributed by atoms with van der Waals surface area (Å²) in [7, 11) is 0. The summed E-state index contributed by atoms with van der Waals surface area (Å²) >= 11 is 0. The molecule has 0 aromatic heterocycles. The topological polar surface area (TPSA) is 81.0 Å². The molecule has 0 saturated carbocycles. The molecule has 1 aliphatic heterocycles. The van der Waals surface area contributed by atoms with E-state index in [-0.39, 0.29) is 11.5 Å². The summed E-state index contributed by atoms with van der Waals surface area (Å²) in [5, 5.41) is 27.8. The molecule has 1 aliphatic rings. The van der Waals surface area contributed by atoms with Crippen LogP contribution in [0.1, 0.15) is 18.4 Å². The van der Waals surface area contributed by atoms with Crippen molar-refractivity contribution in [2.75, 3.05) is 6.54 Å². The number of carbonyl (C=O) groups is 1. The maximum atomic E-state index is 11.0. The van der Waals surface area contributed by atoms with Gasteiger partial charge in [-0.05, 0) is 25.5 Å². The zero-order valence-corrected chi connectivity index (χ0v) is 9.33. The standard InChI is InChI=1S/C12H15NO4/c14-9-4-3-8(11(15)6-9)7-13-5-1-2-10(13)12(16)17/h3-4,6,10,14-15H,1-2,5,7H2,(H,16,17). The van der Waals surface area contributed by atoms with Crippen molar-refractivity contribution in [1.29, 1.82) is 0 Å². The van der Waals surface area contributed by atoms with E-state index in [1.807, 2.05) is 4.90 Å². The number of carboxylic acids is 1. The molecule has 1 aromatic carbocycles. The maximum Gasteiger partial charge on any atom is 0.320 e. The van der Waals surface area contributed by atoms with Gasteiger partial charge in [-0.15, -0.1) is 0 Å². The zero-order valence-electron chi connectivity index (χ0n) is 9.33. The van der Waals surface area contributed by atoms with Crippen LogP contribution < -0.4 is 0 Å². The van der Waals surface area contributed by atoms with E-state index in [1.54, 1.807) is 6.07 Å². The quantitative estimate of drug-likeness (QED) is 0.734. The molecule has 3 N–H and O–H groups in total. The Labute approximate surface area is 98.9 Å². The lowest BCUT2D eigenvalue weighted by molar-refractivity contribution is -0.142. The van der Waals surface area contributed by atoms with E-state index < -0.39 is 12.0 Å². The van der Waals surface area contributed by atoms with E-state index in [0.717, 1.165) is 13.0 Å². The number of rotatable bonds is 3. The molecule has 1 unspecified atom stereocenters. The first kappa shape index (κ1) is 11.7. The lowest BCUT2D eigenvalue weighted by Crippen LogP contribution is -2.35. The van der Waals surface area contributed by atoms with E-state index >= 15 is 0 Å². The fourth-order valence-corrected chi connectivity index (χ4v) is 2.20. The number of aliphatic carboxylic acids is 1. The van der Waals surface area contributed by atoms with Crippen molar-refractivity contribution in [2.45, 2.75) is 25.4 Å². The van der Waals surface area contributed by atoms with Crippen LogP contribution in [-0.4, -0.2) is 38.8 Å². The van der Waals surface area contributed by atoms with Crippen LogP contribution in [0.15, 0.2) is 18.2 Å². The highest BCUT2D eigenvalue weighted by Gasteiger charge is 2.30. The molecule has 17 heavy (non-hydrogen) atoms. The smallest absolute Gasteiger partial charge is 0.320 e. The van der Waals surface area contributed by atoms with E-state index in [4.69, 9.17) is 5.11 Å². The van der Waals surface area contributed by atoms with E-state index in [9.17, 15) is 15.0 Å². The van der Waals surface area contributed by atoms with Crippen molar-refractivity contribution in [3.8, 4) is 11.5 Å².